The zero-order chi connectivity index (χ0) is 13.9. The Kier molecular flexibility index (Phi) is 2.46. The van der Waals surface area contributed by atoms with Gasteiger partial charge in [-0.15, -0.1) is 0 Å². The van der Waals surface area contributed by atoms with E-state index in [2.05, 4.69) is 0 Å². The van der Waals surface area contributed by atoms with Crippen molar-refractivity contribution in [3.8, 4) is 0 Å². The molecule has 2 aliphatic heterocycles. The Bertz CT molecular complexity index is 548. The van der Waals surface area contributed by atoms with Crippen LogP contribution in [0.1, 0.15) is 24.6 Å². The Hall–Kier alpha value is -1.49. The normalized spacial score (nSPS) is 38.1. The number of benzene rings is 1. The van der Waals surface area contributed by atoms with Gasteiger partial charge in [0.05, 0.1) is 12.6 Å². The fraction of sp³-hybridized carbons (Fsp3) is 0.533. The minimum absolute atomic E-state index is 0.163. The fourth-order valence-electron chi connectivity index (χ4n) is 3.92. The summed E-state index contributed by atoms with van der Waals surface area (Å²) in [5.41, 5.74) is 0.912. The maximum absolute atomic E-state index is 13.5. The number of amides is 1. The van der Waals surface area contributed by atoms with Crippen LogP contribution < -0.4 is 0 Å². The van der Waals surface area contributed by atoms with E-state index in [1.807, 2.05) is 30.3 Å². The summed E-state index contributed by atoms with van der Waals surface area (Å²) >= 11 is 0. The molecule has 2 heterocycles. The number of carbonyl (C=O) groups is 1. The smallest absolute Gasteiger partial charge is 0.249 e. The summed E-state index contributed by atoms with van der Waals surface area (Å²) in [5.74, 6) is -3.64. The molecule has 2 saturated heterocycles. The number of fused-ring (bicyclic) bond motifs is 3. The molecule has 106 valence electrons. The summed E-state index contributed by atoms with van der Waals surface area (Å²) in [6, 6.07) is 9.30. The van der Waals surface area contributed by atoms with E-state index in [1.165, 1.54) is 0 Å². The van der Waals surface area contributed by atoms with Gasteiger partial charge < -0.3 is 9.64 Å². The molecule has 5 heteroatoms. The molecule has 0 radical (unpaired) electrons. The molecular weight excluding hydrogens is 264 g/mol. The Morgan fingerprint density at radius 3 is 2.70 bits per heavy atom. The van der Waals surface area contributed by atoms with Crippen molar-refractivity contribution in [2.75, 3.05) is 6.61 Å². The van der Waals surface area contributed by atoms with E-state index in [0.717, 1.165) is 5.56 Å². The molecule has 0 unspecified atom stereocenters. The molecule has 1 aromatic rings. The number of hydrogen-bond donors (Lipinski definition) is 0. The van der Waals surface area contributed by atoms with Crippen LogP contribution in [0.5, 0.6) is 0 Å². The second-order valence-corrected chi connectivity index (χ2v) is 5.94. The second-order valence-electron chi connectivity index (χ2n) is 5.94. The van der Waals surface area contributed by atoms with Gasteiger partial charge in [-0.05, 0) is 5.92 Å². The Balaban J connectivity index is 1.65. The number of halogens is 2. The Morgan fingerprint density at radius 1 is 1.20 bits per heavy atom. The Labute approximate surface area is 115 Å². The SMILES string of the molecule is O=C1[C@@H]2CC(F)(F)C[C@@H]2[C@H]2CO[C@H](c3ccccc3)N12. The van der Waals surface area contributed by atoms with Crippen LogP contribution in [0.3, 0.4) is 0 Å². The number of carbonyl (C=O) groups excluding carboxylic acids is 1. The zero-order valence-corrected chi connectivity index (χ0v) is 10.8. The lowest BCUT2D eigenvalue weighted by Gasteiger charge is -2.25. The molecule has 3 aliphatic rings. The molecule has 3 nitrogen and oxygen atoms in total. The van der Waals surface area contributed by atoms with E-state index in [-0.39, 0.29) is 30.7 Å². The van der Waals surface area contributed by atoms with Crippen LogP contribution in [-0.4, -0.2) is 29.4 Å². The highest BCUT2D eigenvalue weighted by atomic mass is 19.3. The minimum Gasteiger partial charge on any atom is -0.352 e. The maximum atomic E-state index is 13.5. The van der Waals surface area contributed by atoms with Gasteiger partial charge in [0.25, 0.3) is 0 Å². The third kappa shape index (κ3) is 1.62. The lowest BCUT2D eigenvalue weighted by molar-refractivity contribution is -0.139. The van der Waals surface area contributed by atoms with Gasteiger partial charge in [-0.3, -0.25) is 4.79 Å². The third-order valence-electron chi connectivity index (χ3n) is 4.76. The van der Waals surface area contributed by atoms with Crippen molar-refractivity contribution in [3.63, 3.8) is 0 Å². The topological polar surface area (TPSA) is 29.5 Å². The van der Waals surface area contributed by atoms with Crippen molar-refractivity contribution in [2.45, 2.75) is 31.0 Å². The number of hydrogen-bond acceptors (Lipinski definition) is 2. The van der Waals surface area contributed by atoms with E-state index in [0.29, 0.717) is 6.61 Å². The third-order valence-corrected chi connectivity index (χ3v) is 4.76. The largest absolute Gasteiger partial charge is 0.352 e. The first-order chi connectivity index (χ1) is 9.57. The van der Waals surface area contributed by atoms with Crippen LogP contribution >= 0.6 is 0 Å². The van der Waals surface area contributed by atoms with Gasteiger partial charge >= 0.3 is 0 Å². The average Bonchev–Trinajstić information content (AvgIpc) is 3.04. The van der Waals surface area contributed by atoms with Crippen molar-refractivity contribution < 1.29 is 18.3 Å². The summed E-state index contributed by atoms with van der Waals surface area (Å²) in [4.78, 5) is 14.1. The highest BCUT2D eigenvalue weighted by Gasteiger charge is 2.62. The van der Waals surface area contributed by atoms with Gasteiger partial charge in [-0.25, -0.2) is 8.78 Å². The van der Waals surface area contributed by atoms with Crippen LogP contribution in [-0.2, 0) is 9.53 Å². The number of rotatable bonds is 1. The first-order valence-electron chi connectivity index (χ1n) is 6.93. The van der Waals surface area contributed by atoms with Crippen LogP contribution in [0.2, 0.25) is 0 Å². The van der Waals surface area contributed by atoms with Crippen LogP contribution in [0.4, 0.5) is 8.78 Å². The molecule has 4 atom stereocenters. The number of ether oxygens (including phenoxy) is 1. The van der Waals surface area contributed by atoms with Crippen molar-refractivity contribution in [1.29, 1.82) is 0 Å². The van der Waals surface area contributed by atoms with Gasteiger partial charge in [-0.1, -0.05) is 30.3 Å². The first kappa shape index (κ1) is 12.3. The standard InChI is InChI=1S/C15H15F2NO2/c16-15(17)6-10-11(7-15)13(19)18-12(10)8-20-14(18)9-4-2-1-3-5-9/h1-5,10-12,14H,6-8H2/t10-,11+,12+,14+/m0/s1. The summed E-state index contributed by atoms with van der Waals surface area (Å²) in [7, 11) is 0. The predicted molar refractivity (Wildman–Crippen MR) is 66.9 cm³/mol. The van der Waals surface area contributed by atoms with Crippen LogP contribution in [0, 0.1) is 11.8 Å². The van der Waals surface area contributed by atoms with Crippen LogP contribution in [0.15, 0.2) is 30.3 Å². The number of nitrogens with zero attached hydrogens (tertiary/aromatic N) is 1. The molecule has 1 amide bonds. The summed E-state index contributed by atoms with van der Waals surface area (Å²) in [5, 5.41) is 0. The number of alkyl halides is 2. The van der Waals surface area contributed by atoms with E-state index in [1.54, 1.807) is 4.90 Å². The van der Waals surface area contributed by atoms with E-state index >= 15 is 0 Å². The highest BCUT2D eigenvalue weighted by Crippen LogP contribution is 2.54. The van der Waals surface area contributed by atoms with Gasteiger partial charge in [-0.2, -0.15) is 0 Å². The molecule has 0 N–H and O–H groups in total. The van der Waals surface area contributed by atoms with Gasteiger partial charge in [0.2, 0.25) is 11.8 Å². The molecule has 1 aliphatic carbocycles. The summed E-state index contributed by atoms with van der Waals surface area (Å²) in [6.45, 7) is 0.364. The molecule has 0 spiro atoms. The minimum atomic E-state index is -2.69. The Morgan fingerprint density at radius 2 is 1.95 bits per heavy atom. The lowest BCUT2D eigenvalue weighted by Crippen LogP contribution is -2.35. The zero-order valence-electron chi connectivity index (χ0n) is 10.8. The van der Waals surface area contributed by atoms with Gasteiger partial charge in [0, 0.05) is 24.3 Å². The summed E-state index contributed by atoms with van der Waals surface area (Å²) < 4.78 is 32.7. The first-order valence-corrected chi connectivity index (χ1v) is 6.93. The lowest BCUT2D eigenvalue weighted by atomic mass is 9.94. The highest BCUT2D eigenvalue weighted by molar-refractivity contribution is 5.83. The molecule has 0 bridgehead atoms. The quantitative estimate of drug-likeness (QED) is 0.791. The molecule has 0 aromatic heterocycles. The molecule has 1 aromatic carbocycles. The second kappa shape index (κ2) is 4.01. The molecule has 1 saturated carbocycles. The average molecular weight is 279 g/mol. The molecule has 3 fully saturated rings. The van der Waals surface area contributed by atoms with Crippen molar-refractivity contribution in [3.05, 3.63) is 35.9 Å². The summed E-state index contributed by atoms with van der Waals surface area (Å²) in [6.07, 6.45) is -0.895. The monoisotopic (exact) mass is 279 g/mol. The van der Waals surface area contributed by atoms with Crippen LogP contribution in [0.25, 0.3) is 0 Å². The molecule has 4 rings (SSSR count). The van der Waals surface area contributed by atoms with E-state index < -0.39 is 18.1 Å². The fourth-order valence-corrected chi connectivity index (χ4v) is 3.92. The van der Waals surface area contributed by atoms with Crippen molar-refractivity contribution in [2.24, 2.45) is 11.8 Å². The van der Waals surface area contributed by atoms with E-state index in [4.69, 9.17) is 4.74 Å². The van der Waals surface area contributed by atoms with Gasteiger partial charge in [0.15, 0.2) is 6.23 Å². The molecule has 20 heavy (non-hydrogen) atoms. The maximum Gasteiger partial charge on any atom is 0.249 e. The van der Waals surface area contributed by atoms with Gasteiger partial charge in [0.1, 0.15) is 0 Å². The predicted octanol–water partition coefficient (Wildman–Crippen LogP) is 2.59. The van der Waals surface area contributed by atoms with Crippen molar-refractivity contribution >= 4 is 5.91 Å². The van der Waals surface area contributed by atoms with Crippen molar-refractivity contribution in [1.82, 2.24) is 4.90 Å². The molecular formula is C15H15F2NO2. The van der Waals surface area contributed by atoms with E-state index in [9.17, 15) is 13.6 Å².